The second kappa shape index (κ2) is 4.87. The van der Waals surface area contributed by atoms with Gasteiger partial charge in [-0.25, -0.2) is 4.79 Å². The van der Waals surface area contributed by atoms with E-state index in [1.807, 2.05) is 26.8 Å². The normalized spacial score (nSPS) is 21.7. The lowest BCUT2D eigenvalue weighted by atomic mass is 10.1. The summed E-state index contributed by atoms with van der Waals surface area (Å²) in [5, 5.41) is 0. The Morgan fingerprint density at radius 1 is 1.62 bits per heavy atom. The van der Waals surface area contributed by atoms with Crippen molar-refractivity contribution in [3.05, 3.63) is 11.6 Å². The smallest absolute Gasteiger partial charge is 0.410 e. The topological polar surface area (TPSA) is 55.6 Å². The van der Waals surface area contributed by atoms with Crippen molar-refractivity contribution in [3.8, 4) is 0 Å². The van der Waals surface area contributed by atoms with Crippen LogP contribution in [0.15, 0.2) is 11.6 Å². The first-order valence-electron chi connectivity index (χ1n) is 5.75. The predicted octanol–water partition coefficient (Wildman–Crippen LogP) is 1.90. The molecule has 2 N–H and O–H groups in total. The molecule has 0 aromatic heterocycles. The van der Waals surface area contributed by atoms with Gasteiger partial charge in [-0.05, 0) is 27.2 Å². The summed E-state index contributed by atoms with van der Waals surface area (Å²) in [4.78, 5) is 13.5. The minimum Gasteiger partial charge on any atom is -0.444 e. The Labute approximate surface area is 97.4 Å². The zero-order chi connectivity index (χ0) is 12.3. The summed E-state index contributed by atoms with van der Waals surface area (Å²) in [6, 6.07) is -0.0729. The van der Waals surface area contributed by atoms with Crippen LogP contribution in [0.2, 0.25) is 0 Å². The van der Waals surface area contributed by atoms with Crippen LogP contribution in [0.4, 0.5) is 4.79 Å². The van der Waals surface area contributed by atoms with E-state index in [0.29, 0.717) is 13.1 Å². The van der Waals surface area contributed by atoms with Gasteiger partial charge in [-0.2, -0.15) is 0 Å². The number of ether oxygens (including phenoxy) is 1. The zero-order valence-corrected chi connectivity index (χ0v) is 10.6. The molecular weight excluding hydrogens is 204 g/mol. The molecule has 0 bridgehead atoms. The maximum atomic E-state index is 11.8. The zero-order valence-electron chi connectivity index (χ0n) is 10.6. The van der Waals surface area contributed by atoms with Crippen LogP contribution in [0, 0.1) is 0 Å². The fourth-order valence-corrected chi connectivity index (χ4v) is 1.67. The second-order valence-electron chi connectivity index (χ2n) is 5.20. The SMILES string of the molecule is CCC1=CC(N)CN(C(=O)OC(C)(C)C)C1. The molecule has 1 aliphatic rings. The van der Waals surface area contributed by atoms with Crippen molar-refractivity contribution >= 4 is 6.09 Å². The largest absolute Gasteiger partial charge is 0.444 e. The summed E-state index contributed by atoms with van der Waals surface area (Å²) in [7, 11) is 0. The molecule has 4 heteroatoms. The molecule has 0 radical (unpaired) electrons. The first-order chi connectivity index (χ1) is 7.31. The highest BCUT2D eigenvalue weighted by atomic mass is 16.6. The van der Waals surface area contributed by atoms with E-state index in [1.165, 1.54) is 5.57 Å². The molecule has 1 heterocycles. The Bertz CT molecular complexity index is 292. The van der Waals surface area contributed by atoms with Gasteiger partial charge in [0.1, 0.15) is 5.60 Å². The average Bonchev–Trinajstić information content (AvgIpc) is 2.14. The van der Waals surface area contributed by atoms with Crippen LogP contribution in [0.3, 0.4) is 0 Å². The molecule has 0 saturated carbocycles. The maximum absolute atomic E-state index is 11.8. The quantitative estimate of drug-likeness (QED) is 0.695. The predicted molar refractivity (Wildman–Crippen MR) is 64.2 cm³/mol. The molecule has 4 nitrogen and oxygen atoms in total. The van der Waals surface area contributed by atoms with Gasteiger partial charge in [0.15, 0.2) is 0 Å². The minimum absolute atomic E-state index is 0.0729. The standard InChI is InChI=1S/C12H22N2O2/c1-5-9-6-10(13)8-14(7-9)11(15)16-12(2,3)4/h6,10H,5,7-8,13H2,1-4H3. The van der Waals surface area contributed by atoms with Gasteiger partial charge < -0.3 is 15.4 Å². The number of rotatable bonds is 1. The second-order valence-corrected chi connectivity index (χ2v) is 5.20. The van der Waals surface area contributed by atoms with Gasteiger partial charge in [0, 0.05) is 19.1 Å². The van der Waals surface area contributed by atoms with E-state index in [1.54, 1.807) is 4.90 Å². The number of hydrogen-bond acceptors (Lipinski definition) is 3. The van der Waals surface area contributed by atoms with Crippen molar-refractivity contribution in [2.75, 3.05) is 13.1 Å². The van der Waals surface area contributed by atoms with Crippen LogP contribution in [0.25, 0.3) is 0 Å². The number of hydrogen-bond donors (Lipinski definition) is 1. The summed E-state index contributed by atoms with van der Waals surface area (Å²) >= 11 is 0. The molecule has 92 valence electrons. The van der Waals surface area contributed by atoms with Crippen LogP contribution in [-0.2, 0) is 4.74 Å². The third kappa shape index (κ3) is 3.85. The third-order valence-corrected chi connectivity index (χ3v) is 2.38. The lowest BCUT2D eigenvalue weighted by Gasteiger charge is -2.32. The van der Waals surface area contributed by atoms with Gasteiger partial charge in [0.2, 0.25) is 0 Å². The summed E-state index contributed by atoms with van der Waals surface area (Å²) < 4.78 is 5.32. The van der Waals surface area contributed by atoms with Gasteiger partial charge in [-0.15, -0.1) is 0 Å². The Morgan fingerprint density at radius 2 is 2.25 bits per heavy atom. The molecule has 16 heavy (non-hydrogen) atoms. The first-order valence-corrected chi connectivity index (χ1v) is 5.75. The lowest BCUT2D eigenvalue weighted by Crippen LogP contribution is -2.46. The van der Waals surface area contributed by atoms with Crippen molar-refractivity contribution in [2.24, 2.45) is 5.73 Å². The van der Waals surface area contributed by atoms with E-state index in [2.05, 4.69) is 6.92 Å². The molecule has 0 saturated heterocycles. The molecule has 0 fully saturated rings. The summed E-state index contributed by atoms with van der Waals surface area (Å²) in [6.45, 7) is 8.84. The third-order valence-electron chi connectivity index (χ3n) is 2.38. The molecule has 0 aromatic rings. The van der Waals surface area contributed by atoms with Gasteiger partial charge in [0.25, 0.3) is 0 Å². The fourth-order valence-electron chi connectivity index (χ4n) is 1.67. The first kappa shape index (κ1) is 13.0. The average molecular weight is 226 g/mol. The fraction of sp³-hybridized carbons (Fsp3) is 0.750. The molecule has 1 rings (SSSR count). The Morgan fingerprint density at radius 3 is 2.75 bits per heavy atom. The van der Waals surface area contributed by atoms with E-state index in [4.69, 9.17) is 10.5 Å². The van der Waals surface area contributed by atoms with Crippen LogP contribution in [-0.4, -0.2) is 35.7 Å². The van der Waals surface area contributed by atoms with Crippen LogP contribution in [0.5, 0.6) is 0 Å². The van der Waals surface area contributed by atoms with Crippen LogP contribution in [0.1, 0.15) is 34.1 Å². The van der Waals surface area contributed by atoms with Crippen molar-refractivity contribution < 1.29 is 9.53 Å². The maximum Gasteiger partial charge on any atom is 0.410 e. The molecule has 1 amide bonds. The number of nitrogens with zero attached hydrogens (tertiary/aromatic N) is 1. The number of amides is 1. The Balaban J connectivity index is 2.62. The van der Waals surface area contributed by atoms with E-state index < -0.39 is 5.60 Å². The van der Waals surface area contributed by atoms with E-state index in [0.717, 1.165) is 6.42 Å². The highest BCUT2D eigenvalue weighted by Crippen LogP contribution is 2.16. The van der Waals surface area contributed by atoms with Crippen molar-refractivity contribution in [1.82, 2.24) is 4.90 Å². The minimum atomic E-state index is -0.450. The highest BCUT2D eigenvalue weighted by molar-refractivity contribution is 5.69. The van der Waals surface area contributed by atoms with Gasteiger partial charge in [-0.3, -0.25) is 0 Å². The van der Waals surface area contributed by atoms with Crippen molar-refractivity contribution in [2.45, 2.75) is 45.8 Å². The Hall–Kier alpha value is -1.03. The van der Waals surface area contributed by atoms with E-state index >= 15 is 0 Å². The molecule has 0 aromatic carbocycles. The highest BCUT2D eigenvalue weighted by Gasteiger charge is 2.26. The molecule has 1 atom stereocenters. The molecule has 0 spiro atoms. The molecule has 1 aliphatic heterocycles. The summed E-state index contributed by atoms with van der Waals surface area (Å²) in [5.41, 5.74) is 6.62. The number of nitrogens with two attached hydrogens (primary N) is 1. The van der Waals surface area contributed by atoms with Gasteiger partial charge >= 0.3 is 6.09 Å². The van der Waals surface area contributed by atoms with Gasteiger partial charge in [-0.1, -0.05) is 18.6 Å². The number of carbonyl (C=O) groups excluding carboxylic acids is 1. The van der Waals surface area contributed by atoms with Gasteiger partial charge in [0.05, 0.1) is 0 Å². The van der Waals surface area contributed by atoms with Crippen molar-refractivity contribution in [3.63, 3.8) is 0 Å². The monoisotopic (exact) mass is 226 g/mol. The molecular formula is C12H22N2O2. The molecule has 1 unspecified atom stereocenters. The summed E-state index contributed by atoms with van der Waals surface area (Å²) in [6.07, 6.45) is 2.69. The van der Waals surface area contributed by atoms with E-state index in [9.17, 15) is 4.79 Å². The van der Waals surface area contributed by atoms with E-state index in [-0.39, 0.29) is 12.1 Å². The van der Waals surface area contributed by atoms with Crippen LogP contribution < -0.4 is 5.73 Å². The lowest BCUT2D eigenvalue weighted by molar-refractivity contribution is 0.0253. The molecule has 0 aliphatic carbocycles. The van der Waals surface area contributed by atoms with Crippen LogP contribution >= 0.6 is 0 Å². The Kier molecular flexibility index (Phi) is 3.97. The number of carbonyl (C=O) groups is 1. The summed E-state index contributed by atoms with van der Waals surface area (Å²) in [5.74, 6) is 0. The van der Waals surface area contributed by atoms with Crippen molar-refractivity contribution in [1.29, 1.82) is 0 Å².